The predicted octanol–water partition coefficient (Wildman–Crippen LogP) is 2.95. The third-order valence-corrected chi connectivity index (χ3v) is 3.55. The molecule has 3 nitrogen and oxygen atoms in total. The van der Waals surface area contributed by atoms with E-state index >= 15 is 0 Å². The van der Waals surface area contributed by atoms with Gasteiger partial charge in [0.1, 0.15) is 5.82 Å². The summed E-state index contributed by atoms with van der Waals surface area (Å²) >= 11 is 0. The molecule has 108 valence electrons. The molecule has 19 heavy (non-hydrogen) atoms. The molecule has 0 aromatic heterocycles. The highest BCUT2D eigenvalue weighted by Crippen LogP contribution is 2.28. The number of hydrogen-bond donors (Lipinski definition) is 2. The van der Waals surface area contributed by atoms with Gasteiger partial charge in [0, 0.05) is 25.4 Å². The smallest absolute Gasteiger partial charge is 0.148 e. The minimum absolute atomic E-state index is 0.233. The van der Waals surface area contributed by atoms with Gasteiger partial charge in [-0.25, -0.2) is 4.39 Å². The van der Waals surface area contributed by atoms with Crippen LogP contribution in [0.4, 0.5) is 15.8 Å². The summed E-state index contributed by atoms with van der Waals surface area (Å²) in [6.45, 7) is 7.72. The molecule has 0 amide bonds. The fourth-order valence-corrected chi connectivity index (χ4v) is 2.28. The number of halogens is 1. The highest BCUT2D eigenvalue weighted by Gasteiger charge is 2.21. The van der Waals surface area contributed by atoms with Crippen molar-refractivity contribution in [1.29, 1.82) is 0 Å². The molecule has 4 heteroatoms. The molecule has 1 aromatic carbocycles. The molecule has 0 spiro atoms. The van der Waals surface area contributed by atoms with E-state index in [-0.39, 0.29) is 12.4 Å². The average Bonchev–Trinajstić information content (AvgIpc) is 2.45. The molecule has 0 radical (unpaired) electrons. The van der Waals surface area contributed by atoms with Crippen molar-refractivity contribution in [2.75, 3.05) is 30.3 Å². The molecule has 2 rings (SSSR count). The first-order valence-electron chi connectivity index (χ1n) is 7.03. The minimum atomic E-state index is -0.254. The molecule has 1 aliphatic rings. The summed E-state index contributed by atoms with van der Waals surface area (Å²) in [5.41, 5.74) is 7.71. The second kappa shape index (κ2) is 7.34. The minimum Gasteiger partial charge on any atom is -0.398 e. The Bertz CT molecular complexity index is 401. The first-order valence-corrected chi connectivity index (χ1v) is 7.03. The molecule has 1 heterocycles. The van der Waals surface area contributed by atoms with Gasteiger partial charge in [0.2, 0.25) is 0 Å². The SMILES string of the molecule is CC.Cc1cc(N2CCC(CO)CC2)c(F)cc1N. The Morgan fingerprint density at radius 2 is 1.89 bits per heavy atom. The number of aliphatic hydroxyl groups is 1. The molecular formula is C15H25FN2O. The van der Waals surface area contributed by atoms with Gasteiger partial charge in [-0.1, -0.05) is 13.8 Å². The van der Waals surface area contributed by atoms with Crippen LogP contribution in [0, 0.1) is 18.7 Å². The Morgan fingerprint density at radius 3 is 2.42 bits per heavy atom. The highest BCUT2D eigenvalue weighted by atomic mass is 19.1. The van der Waals surface area contributed by atoms with Gasteiger partial charge in [0.25, 0.3) is 0 Å². The number of nitrogens with zero attached hydrogens (tertiary/aromatic N) is 1. The van der Waals surface area contributed by atoms with Gasteiger partial charge in [0.15, 0.2) is 0 Å². The van der Waals surface area contributed by atoms with Crippen molar-refractivity contribution in [1.82, 2.24) is 0 Å². The van der Waals surface area contributed by atoms with Crippen LogP contribution in [0.25, 0.3) is 0 Å². The standard InChI is InChI=1S/C13H19FN2O.C2H6/c1-9-6-13(11(14)7-12(9)15)16-4-2-10(8-17)3-5-16;1-2/h6-7,10,17H,2-5,8,15H2,1H3;1-2H3. The summed E-state index contributed by atoms with van der Waals surface area (Å²) in [6, 6.07) is 3.20. The first-order chi connectivity index (χ1) is 9.11. The lowest BCUT2D eigenvalue weighted by Crippen LogP contribution is -2.35. The predicted molar refractivity (Wildman–Crippen MR) is 78.9 cm³/mol. The van der Waals surface area contributed by atoms with Crippen LogP contribution >= 0.6 is 0 Å². The lowest BCUT2D eigenvalue weighted by atomic mass is 9.97. The fraction of sp³-hybridized carbons (Fsp3) is 0.600. The van der Waals surface area contributed by atoms with Gasteiger partial charge in [-0.3, -0.25) is 0 Å². The molecule has 0 unspecified atom stereocenters. The number of hydrogen-bond acceptors (Lipinski definition) is 3. The summed E-state index contributed by atoms with van der Waals surface area (Å²) in [6.07, 6.45) is 1.83. The van der Waals surface area contributed by atoms with Gasteiger partial charge in [0.05, 0.1) is 5.69 Å². The quantitative estimate of drug-likeness (QED) is 0.811. The van der Waals surface area contributed by atoms with Crippen LogP contribution in [-0.4, -0.2) is 24.8 Å². The third-order valence-electron chi connectivity index (χ3n) is 3.55. The number of aryl methyl sites for hydroxylation is 1. The molecule has 0 atom stereocenters. The van der Waals surface area contributed by atoms with E-state index in [0.29, 0.717) is 17.3 Å². The molecule has 1 fully saturated rings. The summed E-state index contributed by atoms with van der Waals surface area (Å²) in [7, 11) is 0. The second-order valence-corrected chi connectivity index (χ2v) is 4.77. The van der Waals surface area contributed by atoms with E-state index in [1.165, 1.54) is 6.07 Å². The summed E-state index contributed by atoms with van der Waals surface area (Å²) in [4.78, 5) is 2.04. The summed E-state index contributed by atoms with van der Waals surface area (Å²) in [5, 5.41) is 9.07. The normalized spacial score (nSPS) is 15.9. The number of rotatable bonds is 2. The molecular weight excluding hydrogens is 243 g/mol. The number of benzene rings is 1. The molecule has 1 aliphatic heterocycles. The van der Waals surface area contributed by atoms with E-state index < -0.39 is 0 Å². The maximum Gasteiger partial charge on any atom is 0.148 e. The largest absolute Gasteiger partial charge is 0.398 e. The van der Waals surface area contributed by atoms with E-state index in [1.54, 1.807) is 0 Å². The van der Waals surface area contributed by atoms with Crippen molar-refractivity contribution >= 4 is 11.4 Å². The Labute approximate surface area is 115 Å². The second-order valence-electron chi connectivity index (χ2n) is 4.77. The molecule has 3 N–H and O–H groups in total. The molecule has 1 aromatic rings. The zero-order chi connectivity index (χ0) is 14.4. The average molecular weight is 268 g/mol. The lowest BCUT2D eigenvalue weighted by molar-refractivity contribution is 0.203. The Kier molecular flexibility index (Phi) is 6.09. The van der Waals surface area contributed by atoms with E-state index in [2.05, 4.69) is 0 Å². The summed E-state index contributed by atoms with van der Waals surface area (Å²) in [5.74, 6) is 0.111. The Balaban J connectivity index is 0.000000861. The molecule has 0 bridgehead atoms. The van der Waals surface area contributed by atoms with Crippen molar-refractivity contribution < 1.29 is 9.50 Å². The summed E-state index contributed by atoms with van der Waals surface area (Å²) < 4.78 is 13.8. The zero-order valence-corrected chi connectivity index (χ0v) is 12.1. The van der Waals surface area contributed by atoms with Crippen LogP contribution in [-0.2, 0) is 0 Å². The van der Waals surface area contributed by atoms with Crippen molar-refractivity contribution in [2.24, 2.45) is 5.92 Å². The molecule has 0 saturated carbocycles. The van der Waals surface area contributed by atoms with Crippen molar-refractivity contribution in [3.8, 4) is 0 Å². The van der Waals surface area contributed by atoms with Gasteiger partial charge >= 0.3 is 0 Å². The van der Waals surface area contributed by atoms with Crippen LogP contribution < -0.4 is 10.6 Å². The Morgan fingerprint density at radius 1 is 1.32 bits per heavy atom. The van der Waals surface area contributed by atoms with Gasteiger partial charge in [-0.2, -0.15) is 0 Å². The Hall–Kier alpha value is -1.29. The maximum absolute atomic E-state index is 13.8. The van der Waals surface area contributed by atoms with Crippen molar-refractivity contribution in [3.05, 3.63) is 23.5 Å². The van der Waals surface area contributed by atoms with Gasteiger partial charge in [-0.15, -0.1) is 0 Å². The lowest BCUT2D eigenvalue weighted by Gasteiger charge is -2.33. The number of aliphatic hydroxyl groups excluding tert-OH is 1. The van der Waals surface area contributed by atoms with Crippen molar-refractivity contribution in [2.45, 2.75) is 33.6 Å². The van der Waals surface area contributed by atoms with Crippen LogP contribution in [0.1, 0.15) is 32.3 Å². The number of piperidine rings is 1. The fourth-order valence-electron chi connectivity index (χ4n) is 2.28. The first kappa shape index (κ1) is 15.8. The zero-order valence-electron chi connectivity index (χ0n) is 12.1. The van der Waals surface area contributed by atoms with Gasteiger partial charge in [-0.05, 0) is 43.4 Å². The highest BCUT2D eigenvalue weighted by molar-refractivity contribution is 5.59. The topological polar surface area (TPSA) is 49.5 Å². The van der Waals surface area contributed by atoms with Crippen LogP contribution in [0.2, 0.25) is 0 Å². The molecule has 1 saturated heterocycles. The van der Waals surface area contributed by atoms with E-state index in [1.807, 2.05) is 31.7 Å². The third kappa shape index (κ3) is 3.83. The van der Waals surface area contributed by atoms with Crippen molar-refractivity contribution in [3.63, 3.8) is 0 Å². The van der Waals surface area contributed by atoms with Crippen LogP contribution in [0.3, 0.4) is 0 Å². The van der Waals surface area contributed by atoms with Gasteiger partial charge < -0.3 is 15.7 Å². The maximum atomic E-state index is 13.8. The van der Waals surface area contributed by atoms with Crippen LogP contribution in [0.15, 0.2) is 12.1 Å². The van der Waals surface area contributed by atoms with E-state index in [0.717, 1.165) is 31.5 Å². The number of anilines is 2. The van der Waals surface area contributed by atoms with E-state index in [4.69, 9.17) is 10.8 Å². The number of nitrogens with two attached hydrogens (primary N) is 1. The monoisotopic (exact) mass is 268 g/mol. The van der Waals surface area contributed by atoms with Crippen LogP contribution in [0.5, 0.6) is 0 Å². The molecule has 0 aliphatic carbocycles. The number of nitrogen functional groups attached to an aromatic ring is 1. The van der Waals surface area contributed by atoms with E-state index in [9.17, 15) is 4.39 Å².